The number of nitrogens with one attached hydrogen (secondary N) is 2. The van der Waals surface area contributed by atoms with E-state index >= 15 is 0 Å². The molecule has 0 radical (unpaired) electrons. The van der Waals surface area contributed by atoms with Crippen LogP contribution in [0.15, 0.2) is 48.5 Å². The van der Waals surface area contributed by atoms with E-state index in [1.54, 1.807) is 12.1 Å². The molecular formula is C22H22F4N2O3. The molecule has 31 heavy (non-hydrogen) atoms. The van der Waals surface area contributed by atoms with Crippen LogP contribution in [0.3, 0.4) is 0 Å². The van der Waals surface area contributed by atoms with Crippen molar-refractivity contribution >= 4 is 11.8 Å². The highest BCUT2D eigenvalue weighted by molar-refractivity contribution is 6.00. The maximum atomic E-state index is 13.9. The van der Waals surface area contributed by atoms with E-state index in [1.165, 1.54) is 17.4 Å². The molecule has 2 amide bonds. The largest absolute Gasteiger partial charge is 0.437 e. The van der Waals surface area contributed by atoms with Crippen LogP contribution < -0.4 is 10.6 Å². The number of halogens is 4. The van der Waals surface area contributed by atoms with Gasteiger partial charge in [0.05, 0.1) is 6.04 Å². The van der Waals surface area contributed by atoms with Crippen molar-refractivity contribution in [1.29, 1.82) is 0 Å². The lowest BCUT2D eigenvalue weighted by Gasteiger charge is -2.45. The number of benzene rings is 2. The zero-order valence-corrected chi connectivity index (χ0v) is 17.0. The summed E-state index contributed by atoms with van der Waals surface area (Å²) in [7, 11) is 0. The molecule has 9 heteroatoms. The Bertz CT molecular complexity index is 982. The third-order valence-electron chi connectivity index (χ3n) is 5.35. The molecule has 1 fully saturated rings. The lowest BCUT2D eigenvalue weighted by molar-refractivity contribution is -0.287. The molecule has 166 valence electrons. The normalized spacial score (nSPS) is 24.3. The first kappa shape index (κ1) is 22.7. The van der Waals surface area contributed by atoms with Gasteiger partial charge in [0.15, 0.2) is 5.78 Å². The van der Waals surface area contributed by atoms with Crippen LogP contribution in [0.2, 0.25) is 0 Å². The van der Waals surface area contributed by atoms with E-state index in [0.717, 1.165) is 29.8 Å². The minimum atomic E-state index is -5.35. The summed E-state index contributed by atoms with van der Waals surface area (Å²) in [6.07, 6.45) is -5.35. The molecule has 3 rings (SSSR count). The van der Waals surface area contributed by atoms with Gasteiger partial charge in [-0.15, -0.1) is 0 Å². The summed E-state index contributed by atoms with van der Waals surface area (Å²) in [6, 6.07) is 7.58. The second-order valence-corrected chi connectivity index (χ2v) is 8.56. The van der Waals surface area contributed by atoms with Crippen molar-refractivity contribution in [3.63, 3.8) is 0 Å². The summed E-state index contributed by atoms with van der Waals surface area (Å²) < 4.78 is 54.9. The number of alkyl halides is 3. The van der Waals surface area contributed by atoms with E-state index in [-0.39, 0.29) is 16.5 Å². The van der Waals surface area contributed by atoms with Crippen LogP contribution in [0.25, 0.3) is 0 Å². The Balaban J connectivity index is 2.13. The van der Waals surface area contributed by atoms with Crippen LogP contribution in [0.4, 0.5) is 22.4 Å². The summed E-state index contributed by atoms with van der Waals surface area (Å²) in [6.45, 7) is 5.87. The Labute approximate surface area is 176 Å². The molecule has 1 aliphatic rings. The van der Waals surface area contributed by atoms with Gasteiger partial charge in [-0.2, -0.15) is 13.2 Å². The van der Waals surface area contributed by atoms with E-state index in [1.807, 2.05) is 20.8 Å². The quantitative estimate of drug-likeness (QED) is 0.496. The highest BCUT2D eigenvalue weighted by atomic mass is 19.4. The van der Waals surface area contributed by atoms with Gasteiger partial charge in [0, 0.05) is 5.56 Å². The van der Waals surface area contributed by atoms with Crippen molar-refractivity contribution < 1.29 is 32.3 Å². The molecule has 2 aromatic rings. The highest BCUT2D eigenvalue weighted by Gasteiger charge is 2.66. The standard InChI is InChI=1S/C22H22F4N2O3/c1-20(2,3)14-8-4-12(5-9-14)17-16(18(29)13-6-10-15(23)11-7-13)21(31,22(24,25)26)28-19(30)27-17/h4-11,16-17,31H,1-3H3,(H2,27,28,30)/t16-,17-,21-/m1/s1. The minimum absolute atomic E-state index is 0.214. The number of carbonyl (C=O) groups excluding carboxylic acids is 2. The Morgan fingerprint density at radius 1 is 1.00 bits per heavy atom. The van der Waals surface area contributed by atoms with Crippen molar-refractivity contribution in [3.05, 3.63) is 71.0 Å². The smallest absolute Gasteiger partial charge is 0.363 e. The summed E-state index contributed by atoms with van der Waals surface area (Å²) in [4.78, 5) is 25.2. The van der Waals surface area contributed by atoms with Crippen molar-refractivity contribution in [2.75, 3.05) is 0 Å². The van der Waals surface area contributed by atoms with E-state index in [2.05, 4.69) is 5.32 Å². The number of hydrogen-bond donors (Lipinski definition) is 3. The second-order valence-electron chi connectivity index (χ2n) is 8.56. The molecule has 0 bridgehead atoms. The molecular weight excluding hydrogens is 416 g/mol. The molecule has 3 N–H and O–H groups in total. The summed E-state index contributed by atoms with van der Waals surface area (Å²) in [5.74, 6) is -3.93. The summed E-state index contributed by atoms with van der Waals surface area (Å²) in [5, 5.41) is 14.3. The second kappa shape index (κ2) is 7.64. The zero-order chi connectivity index (χ0) is 23.2. The molecule has 1 heterocycles. The predicted molar refractivity (Wildman–Crippen MR) is 105 cm³/mol. The Morgan fingerprint density at radius 3 is 2.03 bits per heavy atom. The Morgan fingerprint density at radius 2 is 1.55 bits per heavy atom. The number of rotatable bonds is 3. The number of Topliss-reactive ketones (excluding diaryl/α,β-unsaturated/α-hetero) is 1. The van der Waals surface area contributed by atoms with Gasteiger partial charge in [0.25, 0.3) is 0 Å². The lowest BCUT2D eigenvalue weighted by Crippen LogP contribution is -2.72. The van der Waals surface area contributed by atoms with Gasteiger partial charge in [0.2, 0.25) is 5.72 Å². The number of hydrogen-bond acceptors (Lipinski definition) is 3. The van der Waals surface area contributed by atoms with Gasteiger partial charge in [-0.05, 0) is 40.8 Å². The number of aliphatic hydroxyl groups is 1. The fraction of sp³-hybridized carbons (Fsp3) is 0.364. The molecule has 0 saturated carbocycles. The SMILES string of the molecule is CC(C)(C)c1ccc([C@H]2NC(=O)N[C@](O)(C(F)(F)F)[C@H]2C(=O)c2ccc(F)cc2)cc1. The van der Waals surface area contributed by atoms with Gasteiger partial charge in [-0.3, -0.25) is 4.79 Å². The topological polar surface area (TPSA) is 78.4 Å². The van der Waals surface area contributed by atoms with Crippen LogP contribution in [0, 0.1) is 11.7 Å². The van der Waals surface area contributed by atoms with Crippen LogP contribution in [-0.2, 0) is 5.41 Å². The minimum Gasteiger partial charge on any atom is -0.363 e. The van der Waals surface area contributed by atoms with Crippen molar-refractivity contribution in [2.45, 2.75) is 44.1 Å². The Kier molecular flexibility index (Phi) is 5.60. The van der Waals surface area contributed by atoms with E-state index in [4.69, 9.17) is 0 Å². The van der Waals surface area contributed by atoms with Crippen LogP contribution in [0.1, 0.15) is 48.3 Å². The Hall–Kier alpha value is -2.94. The molecule has 5 nitrogen and oxygen atoms in total. The number of ketones is 1. The fourth-order valence-corrected chi connectivity index (χ4v) is 3.60. The summed E-state index contributed by atoms with van der Waals surface area (Å²) >= 11 is 0. The van der Waals surface area contributed by atoms with E-state index in [0.29, 0.717) is 0 Å². The third-order valence-corrected chi connectivity index (χ3v) is 5.35. The monoisotopic (exact) mass is 438 g/mol. The predicted octanol–water partition coefficient (Wildman–Crippen LogP) is 4.23. The summed E-state index contributed by atoms with van der Waals surface area (Å²) in [5.41, 5.74) is -3.18. The molecule has 0 aromatic heterocycles. The molecule has 2 aromatic carbocycles. The van der Waals surface area contributed by atoms with Crippen molar-refractivity contribution in [2.24, 2.45) is 5.92 Å². The maximum absolute atomic E-state index is 13.9. The van der Waals surface area contributed by atoms with Crippen LogP contribution in [-0.4, -0.2) is 28.8 Å². The van der Waals surface area contributed by atoms with Crippen LogP contribution in [0.5, 0.6) is 0 Å². The van der Waals surface area contributed by atoms with E-state index in [9.17, 15) is 32.3 Å². The molecule has 1 saturated heterocycles. The third kappa shape index (κ3) is 4.27. The first-order valence-electron chi connectivity index (χ1n) is 9.52. The van der Waals surface area contributed by atoms with E-state index < -0.39 is 41.5 Å². The average Bonchev–Trinajstić information content (AvgIpc) is 2.66. The van der Waals surface area contributed by atoms with Gasteiger partial charge >= 0.3 is 12.2 Å². The van der Waals surface area contributed by atoms with Crippen molar-refractivity contribution in [1.82, 2.24) is 10.6 Å². The highest BCUT2D eigenvalue weighted by Crippen LogP contribution is 2.44. The van der Waals surface area contributed by atoms with Gasteiger partial charge in [-0.1, -0.05) is 45.0 Å². The fourth-order valence-electron chi connectivity index (χ4n) is 3.60. The number of urea groups is 1. The number of carbonyl (C=O) groups is 2. The molecule has 0 spiro atoms. The first-order valence-corrected chi connectivity index (χ1v) is 9.52. The number of amides is 2. The average molecular weight is 438 g/mol. The first-order chi connectivity index (χ1) is 14.2. The zero-order valence-electron chi connectivity index (χ0n) is 17.0. The maximum Gasteiger partial charge on any atom is 0.437 e. The lowest BCUT2D eigenvalue weighted by atomic mass is 9.76. The van der Waals surface area contributed by atoms with Gasteiger partial charge in [-0.25, -0.2) is 9.18 Å². The molecule has 0 aliphatic carbocycles. The van der Waals surface area contributed by atoms with Gasteiger partial charge in [0.1, 0.15) is 11.7 Å². The van der Waals surface area contributed by atoms with Crippen molar-refractivity contribution in [3.8, 4) is 0 Å². The molecule has 0 unspecified atom stereocenters. The molecule has 3 atom stereocenters. The molecule has 1 aliphatic heterocycles. The van der Waals surface area contributed by atoms with Crippen LogP contribution >= 0.6 is 0 Å². The van der Waals surface area contributed by atoms with Gasteiger partial charge < -0.3 is 15.7 Å².